The number of ether oxygens (including phenoxy) is 1. The van der Waals surface area contributed by atoms with Crippen LogP contribution in [0.25, 0.3) is 0 Å². The number of methoxy groups -OCH3 is 1. The first-order valence-electron chi connectivity index (χ1n) is 6.21. The fraction of sp³-hybridized carbons (Fsp3) is 0.615. The first-order chi connectivity index (χ1) is 8.96. The van der Waals surface area contributed by atoms with Crippen molar-refractivity contribution < 1.29 is 4.74 Å². The van der Waals surface area contributed by atoms with Crippen LogP contribution in [-0.4, -0.2) is 38.8 Å². The van der Waals surface area contributed by atoms with Gasteiger partial charge in [-0.1, -0.05) is 0 Å². The summed E-state index contributed by atoms with van der Waals surface area (Å²) >= 11 is 4.18. The molecule has 0 spiro atoms. The molecule has 0 bridgehead atoms. The Bertz CT molecular complexity index is 418. The van der Waals surface area contributed by atoms with Crippen molar-refractivity contribution in [2.45, 2.75) is 25.9 Å². The summed E-state index contributed by atoms with van der Waals surface area (Å²) in [5.74, 6) is 0.816. The van der Waals surface area contributed by atoms with Crippen molar-refractivity contribution in [3.05, 3.63) is 19.9 Å². The maximum atomic E-state index is 5.36. The molecule has 2 N–H and O–H groups in total. The SMILES string of the molecule is CN=C(NCCc1ccc(I)s1)NCC(C)(C)OC. The fourth-order valence-corrected chi connectivity index (χ4v) is 3.13. The molecule has 0 aliphatic carbocycles. The Morgan fingerprint density at radius 2 is 2.16 bits per heavy atom. The molecule has 0 unspecified atom stereocenters. The lowest BCUT2D eigenvalue weighted by Gasteiger charge is -2.24. The van der Waals surface area contributed by atoms with E-state index in [1.54, 1.807) is 14.2 Å². The summed E-state index contributed by atoms with van der Waals surface area (Å²) in [5.41, 5.74) is -0.193. The fourth-order valence-electron chi connectivity index (χ4n) is 1.38. The Hall–Kier alpha value is -0.340. The summed E-state index contributed by atoms with van der Waals surface area (Å²) in [6.07, 6.45) is 1.02. The van der Waals surface area contributed by atoms with E-state index >= 15 is 0 Å². The van der Waals surface area contributed by atoms with Gasteiger partial charge in [-0.15, -0.1) is 11.3 Å². The van der Waals surface area contributed by atoms with Crippen LogP contribution in [0.4, 0.5) is 0 Å². The van der Waals surface area contributed by atoms with Crippen molar-refractivity contribution >= 4 is 39.9 Å². The molecule has 0 radical (unpaired) electrons. The number of hydrogen-bond acceptors (Lipinski definition) is 3. The van der Waals surface area contributed by atoms with Gasteiger partial charge in [0.25, 0.3) is 0 Å². The van der Waals surface area contributed by atoms with Crippen LogP contribution in [-0.2, 0) is 11.2 Å². The normalized spacial score (nSPS) is 12.6. The maximum absolute atomic E-state index is 5.36. The molecule has 19 heavy (non-hydrogen) atoms. The zero-order valence-electron chi connectivity index (χ0n) is 11.9. The topological polar surface area (TPSA) is 45.7 Å². The Balaban J connectivity index is 2.30. The van der Waals surface area contributed by atoms with Crippen LogP contribution in [0.5, 0.6) is 0 Å². The zero-order chi connectivity index (χ0) is 14.3. The summed E-state index contributed by atoms with van der Waals surface area (Å²) in [7, 11) is 3.50. The monoisotopic (exact) mass is 395 g/mol. The van der Waals surface area contributed by atoms with E-state index in [1.165, 1.54) is 7.76 Å². The zero-order valence-corrected chi connectivity index (χ0v) is 14.9. The second-order valence-corrected chi connectivity index (χ2v) is 7.83. The van der Waals surface area contributed by atoms with E-state index in [0.717, 1.165) is 25.5 Å². The first kappa shape index (κ1) is 16.7. The lowest BCUT2D eigenvalue weighted by molar-refractivity contribution is 0.0268. The molecule has 0 saturated heterocycles. The van der Waals surface area contributed by atoms with Gasteiger partial charge in [0.2, 0.25) is 0 Å². The van der Waals surface area contributed by atoms with Gasteiger partial charge in [0.15, 0.2) is 5.96 Å². The standard InChI is InChI=1S/C13H22IN3OS/c1-13(2,18-4)9-17-12(15-3)16-8-7-10-5-6-11(14)19-10/h5-6H,7-9H2,1-4H3,(H2,15,16,17). The molecule has 1 heterocycles. The number of guanidine groups is 1. The molecule has 4 nitrogen and oxygen atoms in total. The molecule has 0 aromatic carbocycles. The number of nitrogens with one attached hydrogen (secondary N) is 2. The molecule has 0 atom stereocenters. The van der Waals surface area contributed by atoms with Crippen LogP contribution in [0.1, 0.15) is 18.7 Å². The number of hydrogen-bond donors (Lipinski definition) is 2. The van der Waals surface area contributed by atoms with Gasteiger partial charge in [-0.3, -0.25) is 4.99 Å². The lowest BCUT2D eigenvalue weighted by Crippen LogP contribution is -2.45. The molecule has 1 rings (SSSR count). The molecular formula is C13H22IN3OS. The van der Waals surface area contributed by atoms with Gasteiger partial charge in [-0.25, -0.2) is 0 Å². The minimum atomic E-state index is -0.193. The van der Waals surface area contributed by atoms with Gasteiger partial charge in [-0.05, 0) is 55.0 Å². The second kappa shape index (κ2) is 8.06. The van der Waals surface area contributed by atoms with E-state index in [9.17, 15) is 0 Å². The summed E-state index contributed by atoms with van der Waals surface area (Å²) in [5, 5.41) is 6.58. The highest BCUT2D eigenvalue weighted by Crippen LogP contribution is 2.18. The third-order valence-corrected chi connectivity index (χ3v) is 4.70. The maximum Gasteiger partial charge on any atom is 0.191 e. The first-order valence-corrected chi connectivity index (χ1v) is 8.10. The second-order valence-electron chi connectivity index (χ2n) is 4.77. The van der Waals surface area contributed by atoms with Crippen molar-refractivity contribution in [3.8, 4) is 0 Å². The smallest absolute Gasteiger partial charge is 0.191 e. The highest BCUT2D eigenvalue weighted by molar-refractivity contribution is 14.1. The van der Waals surface area contributed by atoms with Gasteiger partial charge >= 0.3 is 0 Å². The summed E-state index contributed by atoms with van der Waals surface area (Å²) in [6, 6.07) is 4.33. The van der Waals surface area contributed by atoms with Crippen molar-refractivity contribution in [2.24, 2.45) is 4.99 Å². The molecule has 108 valence electrons. The number of rotatable bonds is 6. The predicted molar refractivity (Wildman–Crippen MR) is 91.2 cm³/mol. The van der Waals surface area contributed by atoms with Crippen LogP contribution in [0.3, 0.4) is 0 Å². The molecule has 6 heteroatoms. The Morgan fingerprint density at radius 3 is 2.68 bits per heavy atom. The van der Waals surface area contributed by atoms with E-state index in [1.807, 2.05) is 25.2 Å². The molecule has 0 aliphatic heterocycles. The molecule has 0 aliphatic rings. The summed E-state index contributed by atoms with van der Waals surface area (Å²) in [4.78, 5) is 5.60. The third-order valence-electron chi connectivity index (χ3n) is 2.75. The molecular weight excluding hydrogens is 373 g/mol. The van der Waals surface area contributed by atoms with Crippen molar-refractivity contribution in [1.82, 2.24) is 10.6 Å². The van der Waals surface area contributed by atoms with Crippen LogP contribution in [0, 0.1) is 2.88 Å². The van der Waals surface area contributed by atoms with E-state index in [0.29, 0.717) is 0 Å². The van der Waals surface area contributed by atoms with Gasteiger partial charge in [0.05, 0.1) is 8.48 Å². The van der Waals surface area contributed by atoms with E-state index < -0.39 is 0 Å². The van der Waals surface area contributed by atoms with Crippen molar-refractivity contribution in [1.29, 1.82) is 0 Å². The minimum Gasteiger partial charge on any atom is -0.377 e. The lowest BCUT2D eigenvalue weighted by atomic mass is 10.1. The van der Waals surface area contributed by atoms with Gasteiger partial charge in [-0.2, -0.15) is 0 Å². The number of halogens is 1. The minimum absolute atomic E-state index is 0.193. The Morgan fingerprint density at radius 1 is 1.42 bits per heavy atom. The molecule has 0 fully saturated rings. The van der Waals surface area contributed by atoms with Crippen molar-refractivity contribution in [2.75, 3.05) is 27.2 Å². The quantitative estimate of drug-likeness (QED) is 0.442. The number of nitrogens with zero attached hydrogens (tertiary/aromatic N) is 1. The van der Waals surface area contributed by atoms with Crippen LogP contribution < -0.4 is 10.6 Å². The average Bonchev–Trinajstić information content (AvgIpc) is 2.79. The largest absolute Gasteiger partial charge is 0.377 e. The Labute approximate surface area is 133 Å². The van der Waals surface area contributed by atoms with Gasteiger partial charge in [0.1, 0.15) is 0 Å². The van der Waals surface area contributed by atoms with E-state index in [-0.39, 0.29) is 5.60 Å². The molecule has 1 aromatic rings. The summed E-state index contributed by atoms with van der Waals surface area (Å²) < 4.78 is 6.70. The van der Waals surface area contributed by atoms with Crippen LogP contribution in [0.15, 0.2) is 17.1 Å². The number of thiophene rings is 1. The summed E-state index contributed by atoms with van der Waals surface area (Å²) in [6.45, 7) is 5.69. The average molecular weight is 395 g/mol. The third kappa shape index (κ3) is 6.58. The Kier molecular flexibility index (Phi) is 7.09. The molecule has 1 aromatic heterocycles. The van der Waals surface area contributed by atoms with Gasteiger partial charge < -0.3 is 15.4 Å². The predicted octanol–water partition coefficient (Wildman–Crippen LogP) is 2.49. The highest BCUT2D eigenvalue weighted by atomic mass is 127. The number of aliphatic imine (C=N–C) groups is 1. The van der Waals surface area contributed by atoms with Crippen LogP contribution in [0.2, 0.25) is 0 Å². The van der Waals surface area contributed by atoms with Gasteiger partial charge in [0, 0.05) is 32.1 Å². The van der Waals surface area contributed by atoms with Crippen LogP contribution >= 0.6 is 33.9 Å². The highest BCUT2D eigenvalue weighted by Gasteiger charge is 2.16. The van der Waals surface area contributed by atoms with E-state index in [2.05, 4.69) is 50.3 Å². The molecule has 0 saturated carbocycles. The van der Waals surface area contributed by atoms with Crippen molar-refractivity contribution in [3.63, 3.8) is 0 Å². The van der Waals surface area contributed by atoms with E-state index in [4.69, 9.17) is 4.74 Å². The molecule has 0 amide bonds.